The number of rotatable bonds is 19. The van der Waals surface area contributed by atoms with Crippen LogP contribution < -0.4 is 5.32 Å². The number of hydrogen-bond acceptors (Lipinski definition) is 4. The molecule has 210 valence electrons. The number of aliphatic hydroxyl groups is 1. The van der Waals surface area contributed by atoms with Gasteiger partial charge in [-0.1, -0.05) is 77.6 Å². The summed E-state index contributed by atoms with van der Waals surface area (Å²) in [5, 5.41) is 21.7. The Morgan fingerprint density at radius 1 is 0.946 bits per heavy atom. The number of nitriles is 1. The normalized spacial score (nSPS) is 14.1. The molecule has 1 aromatic rings. The van der Waals surface area contributed by atoms with Gasteiger partial charge in [-0.25, -0.2) is 0 Å². The van der Waals surface area contributed by atoms with E-state index in [0.29, 0.717) is 12.5 Å². The van der Waals surface area contributed by atoms with Crippen molar-refractivity contribution in [1.29, 1.82) is 5.26 Å². The van der Waals surface area contributed by atoms with Crippen molar-refractivity contribution < 1.29 is 27.3 Å². The molecule has 0 saturated carbocycles. The topological polar surface area (TPSA) is 90.2 Å². The van der Waals surface area contributed by atoms with Crippen LogP contribution in [-0.2, 0) is 21.8 Å². The van der Waals surface area contributed by atoms with E-state index >= 15 is 0 Å². The minimum Gasteiger partial charge on any atom is -0.380 e. The van der Waals surface area contributed by atoms with Crippen molar-refractivity contribution in [1.82, 2.24) is 0 Å². The average molecular weight is 545 g/mol. The smallest absolute Gasteiger partial charge is 0.380 e. The predicted molar refractivity (Wildman–Crippen MR) is 144 cm³/mol. The molecule has 0 aliphatic carbocycles. The number of benzene rings is 1. The molecule has 0 aromatic heterocycles. The Morgan fingerprint density at radius 3 is 1.97 bits per heavy atom. The highest BCUT2D eigenvalue weighted by atomic mass is 32.2. The van der Waals surface area contributed by atoms with Crippen LogP contribution in [0.4, 0.5) is 18.9 Å². The lowest BCUT2D eigenvalue weighted by atomic mass is 9.96. The van der Waals surface area contributed by atoms with Crippen molar-refractivity contribution in [2.75, 3.05) is 16.8 Å². The van der Waals surface area contributed by atoms with Crippen molar-refractivity contribution in [2.24, 2.45) is 0 Å². The average Bonchev–Trinajstić information content (AvgIpc) is 2.84. The Kier molecular flexibility index (Phi) is 15.7. The molecule has 2 N–H and O–H groups in total. The Balaban J connectivity index is 2.20. The third kappa shape index (κ3) is 14.0. The SMILES string of the molecule is CCCCCCCS(=O)CCCCCCCCCCC(C)(O)C(=O)Nc1ccc(C#N)c(C(F)(F)F)c1. The number of nitrogens with one attached hydrogen (secondary N) is 1. The zero-order valence-corrected chi connectivity index (χ0v) is 23.1. The molecule has 5 nitrogen and oxygen atoms in total. The summed E-state index contributed by atoms with van der Waals surface area (Å²) in [4.78, 5) is 12.4. The monoisotopic (exact) mass is 544 g/mol. The van der Waals surface area contributed by atoms with E-state index in [9.17, 15) is 27.3 Å². The molecule has 0 saturated heterocycles. The summed E-state index contributed by atoms with van der Waals surface area (Å²) in [5.41, 5.74) is -3.48. The molecule has 1 amide bonds. The summed E-state index contributed by atoms with van der Waals surface area (Å²) in [6.07, 6.45) is 9.25. The molecule has 37 heavy (non-hydrogen) atoms. The lowest BCUT2D eigenvalue weighted by Gasteiger charge is -2.22. The first-order chi connectivity index (χ1) is 17.5. The predicted octanol–water partition coefficient (Wildman–Crippen LogP) is 7.50. The van der Waals surface area contributed by atoms with Gasteiger partial charge < -0.3 is 10.4 Å². The van der Waals surface area contributed by atoms with Crippen LogP contribution in [0.5, 0.6) is 0 Å². The van der Waals surface area contributed by atoms with E-state index in [4.69, 9.17) is 5.26 Å². The fourth-order valence-corrected chi connectivity index (χ4v) is 5.35. The van der Waals surface area contributed by atoms with E-state index in [-0.39, 0.29) is 12.1 Å². The molecule has 0 aliphatic rings. The number of anilines is 1. The van der Waals surface area contributed by atoms with Gasteiger partial charge in [0.05, 0.1) is 17.2 Å². The van der Waals surface area contributed by atoms with Crippen LogP contribution in [0.1, 0.15) is 115 Å². The highest BCUT2D eigenvalue weighted by molar-refractivity contribution is 7.84. The first-order valence-electron chi connectivity index (χ1n) is 13.5. The second-order valence-corrected chi connectivity index (χ2v) is 11.6. The van der Waals surface area contributed by atoms with Crippen molar-refractivity contribution >= 4 is 22.4 Å². The number of alkyl halides is 3. The van der Waals surface area contributed by atoms with Crippen LogP contribution in [-0.4, -0.2) is 32.3 Å². The van der Waals surface area contributed by atoms with Gasteiger partial charge in [-0.2, -0.15) is 18.4 Å². The summed E-state index contributed by atoms with van der Waals surface area (Å²) in [7, 11) is -0.689. The van der Waals surface area contributed by atoms with Crippen molar-refractivity contribution in [3.05, 3.63) is 29.3 Å². The van der Waals surface area contributed by atoms with E-state index in [2.05, 4.69) is 12.2 Å². The maximum absolute atomic E-state index is 13.1. The van der Waals surface area contributed by atoms with Gasteiger partial charge in [0.1, 0.15) is 5.60 Å². The number of nitrogens with zero attached hydrogens (tertiary/aromatic N) is 1. The number of hydrogen-bond donors (Lipinski definition) is 2. The fourth-order valence-electron chi connectivity index (χ4n) is 4.09. The lowest BCUT2D eigenvalue weighted by molar-refractivity contribution is -0.138. The summed E-state index contributed by atoms with van der Waals surface area (Å²) < 4.78 is 51.4. The number of carbonyl (C=O) groups excluding carboxylic acids is 1. The van der Waals surface area contributed by atoms with Crippen LogP contribution in [0.15, 0.2) is 18.2 Å². The van der Waals surface area contributed by atoms with Crippen LogP contribution in [0.3, 0.4) is 0 Å². The molecular weight excluding hydrogens is 501 g/mol. The van der Waals surface area contributed by atoms with Crippen LogP contribution in [0.25, 0.3) is 0 Å². The molecule has 0 radical (unpaired) electrons. The van der Waals surface area contributed by atoms with Gasteiger partial charge in [-0.15, -0.1) is 0 Å². The highest BCUT2D eigenvalue weighted by Gasteiger charge is 2.35. The van der Waals surface area contributed by atoms with Crippen molar-refractivity contribution in [2.45, 2.75) is 116 Å². The summed E-state index contributed by atoms with van der Waals surface area (Å²) in [5.74, 6) is 0.849. The van der Waals surface area contributed by atoms with Crippen molar-refractivity contribution in [3.63, 3.8) is 0 Å². The molecular formula is C28H43F3N2O3S. The third-order valence-electron chi connectivity index (χ3n) is 6.45. The number of halogens is 3. The van der Waals surface area contributed by atoms with Gasteiger partial charge in [-0.05, 0) is 44.4 Å². The largest absolute Gasteiger partial charge is 0.417 e. The molecule has 2 unspecified atom stereocenters. The maximum atomic E-state index is 13.1. The zero-order valence-electron chi connectivity index (χ0n) is 22.3. The Morgan fingerprint density at radius 2 is 1.46 bits per heavy atom. The maximum Gasteiger partial charge on any atom is 0.417 e. The molecule has 1 rings (SSSR count). The van der Waals surface area contributed by atoms with Crippen LogP contribution >= 0.6 is 0 Å². The van der Waals surface area contributed by atoms with E-state index < -0.39 is 39.6 Å². The molecule has 0 heterocycles. The minimum absolute atomic E-state index is 0.118. The second-order valence-electron chi connectivity index (χ2n) is 9.94. The number of carbonyl (C=O) groups is 1. The molecule has 0 spiro atoms. The van der Waals surface area contributed by atoms with Gasteiger partial charge in [0, 0.05) is 28.0 Å². The van der Waals surface area contributed by atoms with Crippen molar-refractivity contribution in [3.8, 4) is 6.07 Å². The summed E-state index contributed by atoms with van der Waals surface area (Å²) in [6.45, 7) is 3.54. The fraction of sp³-hybridized carbons (Fsp3) is 0.714. The molecule has 1 aromatic carbocycles. The molecule has 0 fully saturated rings. The standard InChI is InChI=1S/C28H43F3N2O3S/c1-3-4-5-11-14-19-37(36)20-15-12-9-7-6-8-10-13-18-27(2,35)26(34)33-24-17-16-23(22-32)25(21-24)28(29,30)31/h16-17,21,35H,3-15,18-20H2,1-2H3,(H,33,34). The van der Waals surface area contributed by atoms with Gasteiger partial charge >= 0.3 is 6.18 Å². The van der Waals surface area contributed by atoms with E-state index in [1.807, 2.05) is 0 Å². The Labute approximate surface area is 222 Å². The molecule has 0 aliphatic heterocycles. The lowest BCUT2D eigenvalue weighted by Crippen LogP contribution is -2.40. The molecule has 9 heteroatoms. The minimum atomic E-state index is -4.72. The van der Waals surface area contributed by atoms with Crippen LogP contribution in [0, 0.1) is 11.3 Å². The first kappa shape index (κ1) is 33.1. The van der Waals surface area contributed by atoms with Gasteiger partial charge in [-0.3, -0.25) is 9.00 Å². The molecule has 2 atom stereocenters. The van der Waals surface area contributed by atoms with Gasteiger partial charge in [0.2, 0.25) is 0 Å². The summed E-state index contributed by atoms with van der Waals surface area (Å²) in [6, 6.07) is 4.42. The number of amides is 1. The zero-order chi connectivity index (χ0) is 27.7. The number of unbranched alkanes of at least 4 members (excludes halogenated alkanes) is 11. The Hall–Kier alpha value is -1.92. The highest BCUT2D eigenvalue weighted by Crippen LogP contribution is 2.33. The molecule has 0 bridgehead atoms. The third-order valence-corrected chi connectivity index (χ3v) is 7.94. The second kappa shape index (κ2) is 17.6. The Bertz CT molecular complexity index is 882. The van der Waals surface area contributed by atoms with E-state index in [1.165, 1.54) is 44.7 Å². The summed E-state index contributed by atoms with van der Waals surface area (Å²) >= 11 is 0. The van der Waals surface area contributed by atoms with Gasteiger partial charge in [0.25, 0.3) is 5.91 Å². The van der Waals surface area contributed by atoms with Gasteiger partial charge in [0.15, 0.2) is 0 Å². The van der Waals surface area contributed by atoms with E-state index in [0.717, 1.165) is 68.9 Å². The first-order valence-corrected chi connectivity index (χ1v) is 15.0. The van der Waals surface area contributed by atoms with E-state index in [1.54, 1.807) is 0 Å². The van der Waals surface area contributed by atoms with Crippen LogP contribution in [0.2, 0.25) is 0 Å². The quantitative estimate of drug-likeness (QED) is 0.177.